The average molecular weight is 384 g/mol. The maximum atomic E-state index is 11.1. The molecule has 0 bridgehead atoms. The van der Waals surface area contributed by atoms with Crippen LogP contribution in [0.1, 0.15) is 58.3 Å². The number of rotatable bonds is 10. The van der Waals surface area contributed by atoms with Crippen molar-refractivity contribution in [2.45, 2.75) is 76.5 Å². The number of carbonyl (C=O) groups excluding carboxylic acids is 1. The largest absolute Gasteiger partial charge is 0.469 e. The first-order valence-electron chi connectivity index (χ1n) is 9.85. The van der Waals surface area contributed by atoms with Gasteiger partial charge in [-0.2, -0.15) is 0 Å². The van der Waals surface area contributed by atoms with Crippen LogP contribution < -0.4 is 0 Å². The summed E-state index contributed by atoms with van der Waals surface area (Å²) in [4.78, 5) is 15.9. The first-order chi connectivity index (χ1) is 12.5. The Bertz CT molecular complexity index is 508. The highest BCUT2D eigenvalue weighted by Gasteiger charge is 2.44. The molecule has 1 fully saturated rings. The van der Waals surface area contributed by atoms with Gasteiger partial charge in [0.15, 0.2) is 0 Å². The van der Waals surface area contributed by atoms with E-state index >= 15 is 0 Å². The second-order valence-corrected chi connectivity index (χ2v) is 8.48. The summed E-state index contributed by atoms with van der Waals surface area (Å²) in [6.07, 6.45) is 10.1. The Labute approximate surface area is 161 Å². The van der Waals surface area contributed by atoms with Crippen LogP contribution in [0.2, 0.25) is 0 Å². The normalized spacial score (nSPS) is 29.0. The molecule has 1 heterocycles. The molecule has 5 unspecified atom stereocenters. The highest BCUT2D eigenvalue weighted by Crippen LogP contribution is 2.43. The maximum absolute atomic E-state index is 11.1. The molecule has 0 aromatic rings. The second-order valence-electron chi connectivity index (χ2n) is 7.31. The van der Waals surface area contributed by atoms with Crippen LogP contribution in [0.5, 0.6) is 0 Å². The molecule has 1 aliphatic carbocycles. The van der Waals surface area contributed by atoms with Crippen LogP contribution in [0.15, 0.2) is 17.1 Å². The zero-order valence-corrected chi connectivity index (χ0v) is 16.8. The quantitative estimate of drug-likeness (QED) is 0.344. The maximum Gasteiger partial charge on any atom is 0.305 e. The van der Waals surface area contributed by atoms with Crippen molar-refractivity contribution in [3.63, 3.8) is 0 Å². The molecule has 2 N–H and O–H groups in total. The molecular formula is C20H33NO4S. The van der Waals surface area contributed by atoms with Crippen molar-refractivity contribution in [2.24, 2.45) is 16.8 Å². The van der Waals surface area contributed by atoms with E-state index in [0.717, 1.165) is 49.3 Å². The van der Waals surface area contributed by atoms with Crippen molar-refractivity contribution < 1.29 is 19.7 Å². The lowest BCUT2D eigenvalue weighted by molar-refractivity contribution is -0.140. The smallest absolute Gasteiger partial charge is 0.305 e. The fourth-order valence-corrected chi connectivity index (χ4v) is 4.86. The van der Waals surface area contributed by atoms with Crippen molar-refractivity contribution >= 4 is 22.8 Å². The Kier molecular flexibility index (Phi) is 9.16. The Hall–Kier alpha value is -0.850. The monoisotopic (exact) mass is 383 g/mol. The number of aliphatic hydroxyl groups excluding tert-OH is 2. The number of unbranched alkanes of at least 4 members (excludes halogenated alkanes) is 2. The minimum absolute atomic E-state index is 0.0812. The van der Waals surface area contributed by atoms with Crippen LogP contribution in [-0.2, 0) is 9.53 Å². The lowest BCUT2D eigenvalue weighted by atomic mass is 9.91. The van der Waals surface area contributed by atoms with Gasteiger partial charge in [0, 0.05) is 18.8 Å². The number of aliphatic imine (C=N–C) groups is 1. The molecule has 0 aromatic carbocycles. The third-order valence-electron chi connectivity index (χ3n) is 5.32. The van der Waals surface area contributed by atoms with Gasteiger partial charge >= 0.3 is 5.97 Å². The lowest BCUT2D eigenvalue weighted by Gasteiger charge is -2.17. The molecule has 1 aliphatic heterocycles. The van der Waals surface area contributed by atoms with Gasteiger partial charge in [0.2, 0.25) is 0 Å². The van der Waals surface area contributed by atoms with Gasteiger partial charge in [-0.1, -0.05) is 38.3 Å². The van der Waals surface area contributed by atoms with Crippen molar-refractivity contribution in [2.75, 3.05) is 12.9 Å². The van der Waals surface area contributed by atoms with Crippen molar-refractivity contribution in [1.29, 1.82) is 0 Å². The third kappa shape index (κ3) is 6.39. The molecule has 5 atom stereocenters. The summed E-state index contributed by atoms with van der Waals surface area (Å²) in [5.41, 5.74) is 0. The van der Waals surface area contributed by atoms with Crippen LogP contribution in [-0.4, -0.2) is 52.3 Å². The number of methoxy groups -OCH3 is 1. The van der Waals surface area contributed by atoms with Crippen LogP contribution in [0.25, 0.3) is 0 Å². The van der Waals surface area contributed by atoms with Gasteiger partial charge in [0.1, 0.15) is 0 Å². The molecule has 2 rings (SSSR count). The summed E-state index contributed by atoms with van der Waals surface area (Å²) in [7, 11) is 1.41. The number of hydrogen-bond donors (Lipinski definition) is 2. The Balaban J connectivity index is 1.76. The fraction of sp³-hybridized carbons (Fsp3) is 0.800. The molecule has 0 radical (unpaired) electrons. The van der Waals surface area contributed by atoms with Gasteiger partial charge in [-0.15, -0.1) is 11.8 Å². The van der Waals surface area contributed by atoms with E-state index in [2.05, 4.69) is 11.7 Å². The number of ether oxygens (including phenoxy) is 1. The number of hydrogen-bond acceptors (Lipinski definition) is 6. The van der Waals surface area contributed by atoms with Crippen molar-refractivity contribution in [3.8, 4) is 0 Å². The molecule has 26 heavy (non-hydrogen) atoms. The van der Waals surface area contributed by atoms with Crippen LogP contribution >= 0.6 is 11.8 Å². The first-order valence-corrected chi connectivity index (χ1v) is 10.8. The standard InChI is InChI=1S/C20H33NO4S/c1-3-4-5-7-14(22)9-10-15-16-12-19(21-17(16)13-18(15)23)26-11-6-8-20(24)25-2/h9-10,14-18,22-23H,3-8,11-13H2,1-2H3/b10-9+. The van der Waals surface area contributed by atoms with E-state index in [-0.39, 0.29) is 24.0 Å². The van der Waals surface area contributed by atoms with Gasteiger partial charge in [-0.25, -0.2) is 0 Å². The predicted octanol–water partition coefficient (Wildman–Crippen LogP) is 3.34. The molecule has 0 saturated heterocycles. The van der Waals surface area contributed by atoms with E-state index < -0.39 is 6.10 Å². The summed E-state index contributed by atoms with van der Waals surface area (Å²) in [6.45, 7) is 2.16. The molecule has 0 aromatic heterocycles. The molecule has 148 valence electrons. The summed E-state index contributed by atoms with van der Waals surface area (Å²) >= 11 is 1.72. The van der Waals surface area contributed by atoms with Gasteiger partial charge in [-0.05, 0) is 30.9 Å². The van der Waals surface area contributed by atoms with Crippen LogP contribution in [0, 0.1) is 11.8 Å². The number of thioether (sulfide) groups is 1. The van der Waals surface area contributed by atoms with E-state index in [9.17, 15) is 15.0 Å². The summed E-state index contributed by atoms with van der Waals surface area (Å²) in [6, 6.07) is 0.194. The predicted molar refractivity (Wildman–Crippen MR) is 106 cm³/mol. The highest BCUT2D eigenvalue weighted by molar-refractivity contribution is 8.13. The number of aliphatic hydroxyl groups is 2. The zero-order chi connectivity index (χ0) is 18.9. The minimum Gasteiger partial charge on any atom is -0.469 e. The Morgan fingerprint density at radius 3 is 2.96 bits per heavy atom. The number of carbonyl (C=O) groups is 1. The van der Waals surface area contributed by atoms with Gasteiger partial charge < -0.3 is 14.9 Å². The van der Waals surface area contributed by atoms with E-state index in [1.165, 1.54) is 7.11 Å². The fourth-order valence-electron chi connectivity index (χ4n) is 3.81. The van der Waals surface area contributed by atoms with Crippen LogP contribution in [0.3, 0.4) is 0 Å². The first kappa shape index (κ1) is 21.5. The lowest BCUT2D eigenvalue weighted by Crippen LogP contribution is -2.19. The number of esters is 1. The van der Waals surface area contributed by atoms with E-state index in [4.69, 9.17) is 4.99 Å². The van der Waals surface area contributed by atoms with Crippen molar-refractivity contribution in [1.82, 2.24) is 0 Å². The molecule has 0 spiro atoms. The average Bonchev–Trinajstić information content (AvgIpc) is 3.13. The SMILES string of the molecule is CCCCCC(O)/C=C/C1C(O)CC2N=C(SCCCC(=O)OC)CC21. The number of fused-ring (bicyclic) bond motifs is 1. The molecule has 0 amide bonds. The third-order valence-corrected chi connectivity index (χ3v) is 6.41. The van der Waals surface area contributed by atoms with Gasteiger partial charge in [-0.3, -0.25) is 9.79 Å². The molecular weight excluding hydrogens is 350 g/mol. The highest BCUT2D eigenvalue weighted by atomic mass is 32.2. The summed E-state index contributed by atoms with van der Waals surface area (Å²) < 4.78 is 4.65. The summed E-state index contributed by atoms with van der Waals surface area (Å²) in [5.74, 6) is 1.12. The van der Waals surface area contributed by atoms with E-state index in [0.29, 0.717) is 18.8 Å². The molecule has 2 aliphatic rings. The topological polar surface area (TPSA) is 79.1 Å². The summed E-state index contributed by atoms with van der Waals surface area (Å²) in [5, 5.41) is 21.6. The minimum atomic E-state index is -0.415. The number of nitrogens with zero attached hydrogens (tertiary/aromatic N) is 1. The zero-order valence-electron chi connectivity index (χ0n) is 16.0. The second kappa shape index (κ2) is 11.1. The van der Waals surface area contributed by atoms with Gasteiger partial charge in [0.05, 0.1) is 30.4 Å². The van der Waals surface area contributed by atoms with E-state index in [1.54, 1.807) is 11.8 Å². The molecule has 5 nitrogen and oxygen atoms in total. The molecule has 6 heteroatoms. The van der Waals surface area contributed by atoms with E-state index in [1.807, 2.05) is 12.2 Å². The molecule has 1 saturated carbocycles. The Morgan fingerprint density at radius 1 is 1.42 bits per heavy atom. The van der Waals surface area contributed by atoms with Gasteiger partial charge in [0.25, 0.3) is 0 Å². The Morgan fingerprint density at radius 2 is 2.23 bits per heavy atom. The van der Waals surface area contributed by atoms with Crippen LogP contribution in [0.4, 0.5) is 0 Å². The van der Waals surface area contributed by atoms with Crippen molar-refractivity contribution in [3.05, 3.63) is 12.2 Å².